The first-order valence-corrected chi connectivity index (χ1v) is 13.1. The van der Waals surface area contributed by atoms with Crippen LogP contribution in [-0.2, 0) is 4.79 Å². The first-order valence-electron chi connectivity index (χ1n) is 13.1. The van der Waals surface area contributed by atoms with Gasteiger partial charge in [-0.05, 0) is 43.4 Å². The number of hydrogen-bond acceptors (Lipinski definition) is 6. The molecule has 10 heteroatoms. The molecule has 3 aromatic rings. The van der Waals surface area contributed by atoms with Gasteiger partial charge in [0, 0.05) is 69.4 Å². The number of nitrogens with two attached hydrogens (primary N) is 1. The minimum absolute atomic E-state index is 0.0320. The second-order valence-corrected chi connectivity index (χ2v) is 10.6. The zero-order valence-corrected chi connectivity index (χ0v) is 21.1. The zero-order valence-electron chi connectivity index (χ0n) is 21.1. The van der Waals surface area contributed by atoms with Crippen molar-refractivity contribution >= 4 is 39.5 Å². The summed E-state index contributed by atoms with van der Waals surface area (Å²) in [5.41, 5.74) is 8.75. The van der Waals surface area contributed by atoms with Gasteiger partial charge in [0.25, 0.3) is 5.91 Å². The van der Waals surface area contributed by atoms with Gasteiger partial charge >= 0.3 is 6.03 Å². The van der Waals surface area contributed by atoms with Crippen molar-refractivity contribution in [2.75, 3.05) is 51.3 Å². The highest BCUT2D eigenvalue weighted by molar-refractivity contribution is 6.15. The molecule has 37 heavy (non-hydrogen) atoms. The lowest BCUT2D eigenvalue weighted by Crippen LogP contribution is -2.54. The quantitative estimate of drug-likeness (QED) is 0.500. The Bertz CT molecular complexity index is 1400. The molecule has 5 heterocycles. The molecule has 3 aliphatic heterocycles. The van der Waals surface area contributed by atoms with Gasteiger partial charge in [-0.2, -0.15) is 0 Å². The average molecular weight is 504 g/mol. The van der Waals surface area contributed by atoms with Gasteiger partial charge < -0.3 is 26.3 Å². The number of likely N-dealkylation sites (tertiary alicyclic amines) is 1. The number of nitrogens with one attached hydrogen (secondary N) is 2. The largest absolute Gasteiger partial charge is 0.365 e. The SMILES string of the molecule is CNC(=O)N1CCC(c2ccc3c4cncc(C(N)=O)c4n(N4CCC(=O)C5(CCNC5)C4)c3c2)CC1. The van der Waals surface area contributed by atoms with Crippen molar-refractivity contribution in [3.05, 3.63) is 41.7 Å². The monoisotopic (exact) mass is 503 g/mol. The van der Waals surface area contributed by atoms with Crippen molar-refractivity contribution in [2.45, 2.75) is 31.6 Å². The van der Waals surface area contributed by atoms with E-state index < -0.39 is 11.3 Å². The Labute approximate surface area is 215 Å². The van der Waals surface area contributed by atoms with Crippen molar-refractivity contribution < 1.29 is 14.4 Å². The molecule has 1 spiro atoms. The Hall–Kier alpha value is -3.66. The van der Waals surface area contributed by atoms with E-state index in [9.17, 15) is 14.4 Å². The summed E-state index contributed by atoms with van der Waals surface area (Å²) < 4.78 is 2.13. The summed E-state index contributed by atoms with van der Waals surface area (Å²) >= 11 is 0. The van der Waals surface area contributed by atoms with Gasteiger partial charge in [-0.1, -0.05) is 12.1 Å². The number of carbonyl (C=O) groups is 3. The molecule has 0 aliphatic carbocycles. The number of Topliss-reactive ketones (excluding diaryl/α,β-unsaturated/α-hetero) is 1. The maximum absolute atomic E-state index is 13.0. The standard InChI is InChI=1S/C27H33N7O3/c1-29-26(37)32-9-4-17(5-10-32)18-2-3-19-20-13-31-14-21(25(28)36)24(20)34(22(19)12-18)33-11-6-23(35)27(16-33)7-8-30-15-27/h2-3,12-14,17,30H,4-11,15-16H2,1H3,(H2,28,36)(H,29,37). The molecule has 0 radical (unpaired) electrons. The maximum atomic E-state index is 13.0. The Morgan fingerprint density at radius 1 is 1.16 bits per heavy atom. The summed E-state index contributed by atoms with van der Waals surface area (Å²) in [4.78, 5) is 43.7. The van der Waals surface area contributed by atoms with Crippen LogP contribution in [0.1, 0.15) is 47.5 Å². The minimum atomic E-state index is -0.519. The zero-order chi connectivity index (χ0) is 25.7. The Balaban J connectivity index is 1.46. The number of primary amides is 1. The highest BCUT2D eigenvalue weighted by Crippen LogP contribution is 2.38. The number of aromatic nitrogens is 2. The van der Waals surface area contributed by atoms with Gasteiger partial charge in [-0.3, -0.25) is 19.2 Å². The van der Waals surface area contributed by atoms with Crippen LogP contribution in [0.4, 0.5) is 4.79 Å². The Morgan fingerprint density at radius 2 is 1.97 bits per heavy atom. The van der Waals surface area contributed by atoms with Crippen molar-refractivity contribution in [3.63, 3.8) is 0 Å². The molecule has 3 fully saturated rings. The number of pyridine rings is 1. The number of fused-ring (bicyclic) bond motifs is 3. The van der Waals surface area contributed by atoms with E-state index in [4.69, 9.17) is 5.73 Å². The summed E-state index contributed by atoms with van der Waals surface area (Å²) in [6.45, 7) is 4.11. The van der Waals surface area contributed by atoms with Crippen LogP contribution in [0, 0.1) is 5.41 Å². The fourth-order valence-electron chi connectivity index (χ4n) is 6.55. The molecular formula is C27H33N7O3. The molecule has 194 valence electrons. The molecule has 3 saturated heterocycles. The number of ketones is 1. The topological polar surface area (TPSA) is 126 Å². The van der Waals surface area contributed by atoms with E-state index in [0.29, 0.717) is 56.4 Å². The second kappa shape index (κ2) is 9.02. The summed E-state index contributed by atoms with van der Waals surface area (Å²) in [7, 11) is 1.66. The molecular weight excluding hydrogens is 470 g/mol. The summed E-state index contributed by atoms with van der Waals surface area (Å²) in [5.74, 6) is 0.128. The van der Waals surface area contributed by atoms with E-state index in [1.807, 2.05) is 4.90 Å². The number of amides is 3. The Kier molecular flexibility index (Phi) is 5.78. The molecule has 1 atom stereocenters. The molecule has 3 aliphatic rings. The number of piperidine rings is 2. The third-order valence-corrected chi connectivity index (χ3v) is 8.60. The lowest BCUT2D eigenvalue weighted by molar-refractivity contribution is -0.128. The van der Waals surface area contributed by atoms with Gasteiger partial charge in [-0.25, -0.2) is 4.79 Å². The number of hydrogen-bond donors (Lipinski definition) is 3. The van der Waals surface area contributed by atoms with Gasteiger partial charge in [0.15, 0.2) is 0 Å². The van der Waals surface area contributed by atoms with Crippen molar-refractivity contribution in [1.82, 2.24) is 25.2 Å². The summed E-state index contributed by atoms with van der Waals surface area (Å²) in [5, 5.41) is 10.2. The van der Waals surface area contributed by atoms with Gasteiger partial charge in [0.2, 0.25) is 0 Å². The lowest BCUT2D eigenvalue weighted by atomic mass is 9.78. The predicted molar refractivity (Wildman–Crippen MR) is 141 cm³/mol. The van der Waals surface area contributed by atoms with Crippen LogP contribution in [0.15, 0.2) is 30.6 Å². The van der Waals surface area contributed by atoms with E-state index >= 15 is 0 Å². The first-order chi connectivity index (χ1) is 17.9. The van der Waals surface area contributed by atoms with Crippen LogP contribution in [0.5, 0.6) is 0 Å². The van der Waals surface area contributed by atoms with Gasteiger partial charge in [0.1, 0.15) is 5.78 Å². The van der Waals surface area contributed by atoms with Gasteiger partial charge in [0.05, 0.1) is 22.0 Å². The fraction of sp³-hybridized carbons (Fsp3) is 0.481. The van der Waals surface area contributed by atoms with Crippen molar-refractivity contribution in [2.24, 2.45) is 11.1 Å². The van der Waals surface area contributed by atoms with Crippen LogP contribution in [0.3, 0.4) is 0 Å². The third kappa shape index (κ3) is 3.81. The van der Waals surface area contributed by atoms with Crippen LogP contribution in [0.2, 0.25) is 0 Å². The van der Waals surface area contributed by atoms with E-state index in [-0.39, 0.29) is 6.03 Å². The molecule has 1 aromatic carbocycles. The highest BCUT2D eigenvalue weighted by Gasteiger charge is 2.45. The van der Waals surface area contributed by atoms with Gasteiger partial charge in [-0.15, -0.1) is 0 Å². The predicted octanol–water partition coefficient (Wildman–Crippen LogP) is 1.70. The molecule has 3 amide bonds. The number of benzene rings is 1. The molecule has 4 N–H and O–H groups in total. The number of urea groups is 1. The number of carbonyl (C=O) groups excluding carboxylic acids is 3. The minimum Gasteiger partial charge on any atom is -0.365 e. The second-order valence-electron chi connectivity index (χ2n) is 10.6. The molecule has 1 unspecified atom stereocenters. The molecule has 0 bridgehead atoms. The van der Waals surface area contributed by atoms with Crippen molar-refractivity contribution in [1.29, 1.82) is 0 Å². The molecule has 2 aromatic heterocycles. The summed E-state index contributed by atoms with van der Waals surface area (Å²) in [6, 6.07) is 6.46. The van der Waals surface area contributed by atoms with Crippen LogP contribution >= 0.6 is 0 Å². The molecule has 10 nitrogen and oxygen atoms in total. The third-order valence-electron chi connectivity index (χ3n) is 8.60. The van der Waals surface area contributed by atoms with Crippen LogP contribution in [-0.4, -0.2) is 78.6 Å². The summed E-state index contributed by atoms with van der Waals surface area (Å²) in [6.07, 6.45) is 6.40. The van der Waals surface area contributed by atoms with E-state index in [2.05, 4.69) is 43.5 Å². The normalized spacial score (nSPS) is 22.9. The maximum Gasteiger partial charge on any atom is 0.317 e. The number of nitrogens with zero attached hydrogens (tertiary/aromatic N) is 4. The Morgan fingerprint density at radius 3 is 2.68 bits per heavy atom. The molecule has 0 saturated carbocycles. The van der Waals surface area contributed by atoms with Crippen LogP contribution in [0.25, 0.3) is 21.8 Å². The van der Waals surface area contributed by atoms with E-state index in [1.165, 1.54) is 11.8 Å². The average Bonchev–Trinajstić information content (AvgIpc) is 3.52. The van der Waals surface area contributed by atoms with Crippen LogP contribution < -0.4 is 21.4 Å². The lowest BCUT2D eigenvalue weighted by Gasteiger charge is -2.41. The first kappa shape index (κ1) is 23.7. The highest BCUT2D eigenvalue weighted by atomic mass is 16.2. The molecule has 6 rings (SSSR count). The fourth-order valence-corrected chi connectivity index (χ4v) is 6.55. The number of rotatable bonds is 3. The van der Waals surface area contributed by atoms with Crippen molar-refractivity contribution in [3.8, 4) is 0 Å². The van der Waals surface area contributed by atoms with E-state index in [0.717, 1.165) is 47.6 Å². The van der Waals surface area contributed by atoms with E-state index in [1.54, 1.807) is 13.2 Å². The smallest absolute Gasteiger partial charge is 0.317 e.